The van der Waals surface area contributed by atoms with Crippen LogP contribution in [-0.2, 0) is 16.1 Å². The molecular formula is C25H23NO6. The molecule has 4 rings (SSSR count). The average molecular weight is 433 g/mol. The Labute approximate surface area is 185 Å². The fourth-order valence-corrected chi connectivity index (χ4v) is 4.16. The van der Waals surface area contributed by atoms with Crippen molar-refractivity contribution in [3.05, 3.63) is 88.4 Å². The smallest absolute Gasteiger partial charge is 0.296 e. The van der Waals surface area contributed by atoms with Crippen molar-refractivity contribution in [2.24, 2.45) is 0 Å². The summed E-state index contributed by atoms with van der Waals surface area (Å²) in [5.74, 6) is -0.883. The van der Waals surface area contributed by atoms with Gasteiger partial charge in [-0.15, -0.1) is 0 Å². The predicted molar refractivity (Wildman–Crippen MR) is 117 cm³/mol. The van der Waals surface area contributed by atoms with E-state index in [4.69, 9.17) is 9.15 Å². The van der Waals surface area contributed by atoms with Crippen LogP contribution in [0.1, 0.15) is 34.1 Å². The number of likely N-dealkylation sites (tertiary alicyclic amines) is 1. The number of rotatable bonds is 5. The maximum absolute atomic E-state index is 13.1. The lowest BCUT2D eigenvalue weighted by Crippen LogP contribution is -2.29. The van der Waals surface area contributed by atoms with Gasteiger partial charge < -0.3 is 24.3 Å². The Hall–Kier alpha value is -4.00. The van der Waals surface area contributed by atoms with Crippen molar-refractivity contribution in [2.45, 2.75) is 26.4 Å². The zero-order valence-corrected chi connectivity index (χ0v) is 18.0. The van der Waals surface area contributed by atoms with Crippen molar-refractivity contribution in [3.8, 4) is 11.5 Å². The number of phenolic OH excluding ortho intramolecular Hbond substituents is 1. The molecule has 1 aromatic heterocycles. The van der Waals surface area contributed by atoms with Crippen LogP contribution in [0.4, 0.5) is 0 Å². The Morgan fingerprint density at radius 1 is 1.12 bits per heavy atom. The molecular weight excluding hydrogens is 410 g/mol. The molecule has 1 aliphatic heterocycles. The number of hydrogen-bond acceptors (Lipinski definition) is 6. The molecule has 7 nitrogen and oxygen atoms in total. The van der Waals surface area contributed by atoms with E-state index in [-0.39, 0.29) is 23.6 Å². The van der Waals surface area contributed by atoms with E-state index in [1.54, 1.807) is 30.3 Å². The van der Waals surface area contributed by atoms with Gasteiger partial charge in [-0.2, -0.15) is 0 Å². The molecule has 0 saturated carbocycles. The molecule has 1 unspecified atom stereocenters. The molecule has 0 aliphatic carbocycles. The van der Waals surface area contributed by atoms with Gasteiger partial charge in [-0.25, -0.2) is 0 Å². The molecule has 2 N–H and O–H groups in total. The summed E-state index contributed by atoms with van der Waals surface area (Å²) < 4.78 is 10.9. The lowest BCUT2D eigenvalue weighted by atomic mass is 9.93. The zero-order chi connectivity index (χ0) is 23.0. The summed E-state index contributed by atoms with van der Waals surface area (Å²) in [5, 5.41) is 21.0. The van der Waals surface area contributed by atoms with Gasteiger partial charge in [0.2, 0.25) is 0 Å². The molecule has 2 aromatic carbocycles. The van der Waals surface area contributed by atoms with Crippen LogP contribution in [0.2, 0.25) is 0 Å². The molecule has 0 bridgehead atoms. The third-order valence-electron chi connectivity index (χ3n) is 5.53. The van der Waals surface area contributed by atoms with Crippen molar-refractivity contribution in [1.82, 2.24) is 4.90 Å². The van der Waals surface area contributed by atoms with Crippen LogP contribution in [0, 0.1) is 13.8 Å². The molecule has 0 spiro atoms. The second kappa shape index (κ2) is 8.26. The molecule has 32 heavy (non-hydrogen) atoms. The van der Waals surface area contributed by atoms with Crippen molar-refractivity contribution in [3.63, 3.8) is 0 Å². The van der Waals surface area contributed by atoms with Crippen molar-refractivity contribution >= 4 is 17.4 Å². The number of ketones is 1. The summed E-state index contributed by atoms with van der Waals surface area (Å²) in [6.07, 6.45) is 1.49. The number of carbonyl (C=O) groups is 2. The molecule has 1 atom stereocenters. The normalized spacial score (nSPS) is 17.7. The number of aliphatic hydroxyl groups is 1. The molecule has 7 heteroatoms. The summed E-state index contributed by atoms with van der Waals surface area (Å²) >= 11 is 0. The van der Waals surface area contributed by atoms with E-state index in [9.17, 15) is 19.8 Å². The Morgan fingerprint density at radius 3 is 2.47 bits per heavy atom. The number of Topliss-reactive ketones (excluding diaryl/α,β-unsaturated/α-hetero) is 1. The summed E-state index contributed by atoms with van der Waals surface area (Å²) in [6.45, 7) is 3.76. The van der Waals surface area contributed by atoms with Crippen LogP contribution < -0.4 is 4.74 Å². The van der Waals surface area contributed by atoms with Gasteiger partial charge in [-0.3, -0.25) is 9.59 Å². The number of benzene rings is 2. The molecule has 1 amide bonds. The van der Waals surface area contributed by atoms with Gasteiger partial charge in [-0.05, 0) is 60.9 Å². The van der Waals surface area contributed by atoms with E-state index in [1.807, 2.05) is 19.9 Å². The van der Waals surface area contributed by atoms with Gasteiger partial charge in [0.1, 0.15) is 23.0 Å². The number of methoxy groups -OCH3 is 1. The van der Waals surface area contributed by atoms with Gasteiger partial charge >= 0.3 is 0 Å². The number of aryl methyl sites for hydroxylation is 2. The highest BCUT2D eigenvalue weighted by Gasteiger charge is 2.46. The fourth-order valence-electron chi connectivity index (χ4n) is 4.16. The highest BCUT2D eigenvalue weighted by molar-refractivity contribution is 6.46. The minimum atomic E-state index is -0.869. The van der Waals surface area contributed by atoms with Crippen LogP contribution >= 0.6 is 0 Å². The third kappa shape index (κ3) is 3.62. The second-order valence-electron chi connectivity index (χ2n) is 7.76. The van der Waals surface area contributed by atoms with Crippen molar-refractivity contribution < 1.29 is 29.0 Å². The minimum Gasteiger partial charge on any atom is -0.508 e. The monoisotopic (exact) mass is 433 g/mol. The molecule has 1 fully saturated rings. The number of aliphatic hydroxyl groups excluding tert-OH is 1. The fraction of sp³-hybridized carbons (Fsp3) is 0.200. The lowest BCUT2D eigenvalue weighted by Gasteiger charge is -2.25. The Kier molecular flexibility index (Phi) is 5.48. The number of phenols is 1. The highest BCUT2D eigenvalue weighted by atomic mass is 16.5. The molecule has 3 aromatic rings. The molecule has 164 valence electrons. The molecule has 1 saturated heterocycles. The summed E-state index contributed by atoms with van der Waals surface area (Å²) in [6, 6.07) is 12.3. The third-order valence-corrected chi connectivity index (χ3v) is 5.53. The van der Waals surface area contributed by atoms with Gasteiger partial charge in [-0.1, -0.05) is 18.2 Å². The number of aromatic hydroxyl groups is 1. The first-order valence-corrected chi connectivity index (χ1v) is 10.1. The van der Waals surface area contributed by atoms with E-state index in [1.165, 1.54) is 30.4 Å². The standard InChI is InChI=1S/C25H23NO6/c1-14-11-15(2)24(31-3)19(12-14)22(28)20-21(16-6-8-17(27)9-7-16)26(25(30)23(20)29)13-18-5-4-10-32-18/h4-12,21,27-28H,13H2,1-3H3/b22-20+. The van der Waals surface area contributed by atoms with Crippen LogP contribution in [0.15, 0.2) is 64.8 Å². The van der Waals surface area contributed by atoms with Gasteiger partial charge in [0.05, 0.1) is 37.1 Å². The predicted octanol–water partition coefficient (Wildman–Crippen LogP) is 4.23. The molecule has 0 radical (unpaired) electrons. The van der Waals surface area contributed by atoms with Crippen molar-refractivity contribution in [2.75, 3.05) is 7.11 Å². The Bertz CT molecular complexity index is 1210. The maximum Gasteiger partial charge on any atom is 0.296 e. The first-order valence-electron chi connectivity index (χ1n) is 10.1. The lowest BCUT2D eigenvalue weighted by molar-refractivity contribution is -0.140. The maximum atomic E-state index is 13.1. The minimum absolute atomic E-state index is 0.0455. The van der Waals surface area contributed by atoms with Gasteiger partial charge in [0.25, 0.3) is 11.7 Å². The summed E-state index contributed by atoms with van der Waals surface area (Å²) in [4.78, 5) is 27.5. The number of nitrogens with zero attached hydrogens (tertiary/aromatic N) is 1. The van der Waals surface area contributed by atoms with E-state index < -0.39 is 17.7 Å². The average Bonchev–Trinajstić information content (AvgIpc) is 3.36. The van der Waals surface area contributed by atoms with Gasteiger partial charge in [0.15, 0.2) is 0 Å². The van der Waals surface area contributed by atoms with Crippen LogP contribution in [0.3, 0.4) is 0 Å². The number of ether oxygens (including phenoxy) is 1. The summed E-state index contributed by atoms with van der Waals surface area (Å²) in [7, 11) is 1.49. The highest BCUT2D eigenvalue weighted by Crippen LogP contribution is 2.42. The molecule has 2 heterocycles. The number of amides is 1. The topological polar surface area (TPSA) is 100 Å². The Balaban J connectivity index is 1.93. The number of hydrogen-bond donors (Lipinski definition) is 2. The van der Waals surface area contributed by atoms with E-state index in [2.05, 4.69) is 0 Å². The van der Waals surface area contributed by atoms with Crippen molar-refractivity contribution in [1.29, 1.82) is 0 Å². The van der Waals surface area contributed by atoms with E-state index >= 15 is 0 Å². The molecule has 1 aliphatic rings. The van der Waals surface area contributed by atoms with Gasteiger partial charge in [0, 0.05) is 0 Å². The zero-order valence-electron chi connectivity index (χ0n) is 18.0. The first-order chi connectivity index (χ1) is 15.3. The largest absolute Gasteiger partial charge is 0.508 e. The number of carbonyl (C=O) groups excluding carboxylic acids is 2. The number of furan rings is 1. The Morgan fingerprint density at radius 2 is 1.84 bits per heavy atom. The first kappa shape index (κ1) is 21.2. The van der Waals surface area contributed by atoms with Crippen LogP contribution in [0.5, 0.6) is 11.5 Å². The second-order valence-corrected chi connectivity index (χ2v) is 7.76. The van der Waals surface area contributed by atoms with E-state index in [0.717, 1.165) is 11.1 Å². The van der Waals surface area contributed by atoms with Crippen LogP contribution in [-0.4, -0.2) is 33.9 Å². The quantitative estimate of drug-likeness (QED) is 0.355. The SMILES string of the molecule is COc1c(C)cc(C)cc1/C(O)=C1\C(=O)C(=O)N(Cc2ccco2)C1c1ccc(O)cc1. The van der Waals surface area contributed by atoms with Crippen LogP contribution in [0.25, 0.3) is 5.76 Å². The van der Waals surface area contributed by atoms with E-state index in [0.29, 0.717) is 22.6 Å². The summed E-state index contributed by atoms with van der Waals surface area (Å²) in [5.41, 5.74) is 2.52.